The van der Waals surface area contributed by atoms with Gasteiger partial charge < -0.3 is 10.1 Å². The lowest BCUT2D eigenvalue weighted by molar-refractivity contribution is -0.142. The Hall–Kier alpha value is -0.220. The van der Waals surface area contributed by atoms with Gasteiger partial charge in [-0.2, -0.15) is 11.8 Å². The summed E-state index contributed by atoms with van der Waals surface area (Å²) < 4.78 is 4.86. The summed E-state index contributed by atoms with van der Waals surface area (Å²) in [6, 6.07) is -0.141. The van der Waals surface area contributed by atoms with E-state index in [4.69, 9.17) is 4.74 Å². The lowest BCUT2D eigenvalue weighted by Crippen LogP contribution is -2.40. The molecule has 0 bridgehead atoms. The van der Waals surface area contributed by atoms with Crippen molar-refractivity contribution in [1.82, 2.24) is 5.32 Å². The summed E-state index contributed by atoms with van der Waals surface area (Å²) in [7, 11) is 1.47. The molecule has 1 saturated carbocycles. The van der Waals surface area contributed by atoms with Gasteiger partial charge in [0.05, 0.1) is 7.11 Å². The Bertz CT molecular complexity index is 248. The third-order valence-electron chi connectivity index (χ3n) is 3.51. The third-order valence-corrected chi connectivity index (χ3v) is 4.94. The van der Waals surface area contributed by atoms with Crippen LogP contribution in [-0.4, -0.2) is 36.7 Å². The molecule has 0 spiro atoms. The van der Waals surface area contributed by atoms with E-state index in [0.29, 0.717) is 0 Å². The van der Waals surface area contributed by atoms with Gasteiger partial charge in [-0.25, -0.2) is 0 Å². The summed E-state index contributed by atoms with van der Waals surface area (Å²) in [6.45, 7) is 5.32. The molecule has 18 heavy (non-hydrogen) atoms. The van der Waals surface area contributed by atoms with Crippen LogP contribution in [0.3, 0.4) is 0 Å². The Morgan fingerprint density at radius 3 is 2.89 bits per heavy atom. The van der Waals surface area contributed by atoms with Gasteiger partial charge in [-0.15, -0.1) is 0 Å². The van der Waals surface area contributed by atoms with E-state index in [1.54, 1.807) is 0 Å². The number of esters is 1. The standard InChI is InChI=1S/C14H27NO2S/c1-4-8-15-13(14(16)17-3)10-18-12-7-5-6-11(2)9-12/h11-13,15H,4-10H2,1-3H3. The molecule has 1 aliphatic rings. The first-order valence-corrected chi connectivity index (χ1v) is 8.15. The molecule has 1 N–H and O–H groups in total. The zero-order chi connectivity index (χ0) is 13.4. The van der Waals surface area contributed by atoms with Gasteiger partial charge in [0.15, 0.2) is 0 Å². The van der Waals surface area contributed by atoms with Crippen LogP contribution in [-0.2, 0) is 9.53 Å². The van der Waals surface area contributed by atoms with E-state index >= 15 is 0 Å². The molecule has 3 unspecified atom stereocenters. The van der Waals surface area contributed by atoms with Crippen molar-refractivity contribution in [2.75, 3.05) is 19.4 Å². The second-order valence-corrected chi connectivity index (χ2v) is 6.59. The molecule has 0 radical (unpaired) electrons. The number of thioether (sulfide) groups is 1. The number of methoxy groups -OCH3 is 1. The second kappa shape index (κ2) is 8.81. The molecular weight excluding hydrogens is 246 g/mol. The molecule has 1 fully saturated rings. The Morgan fingerprint density at radius 2 is 2.28 bits per heavy atom. The first-order chi connectivity index (χ1) is 8.67. The minimum atomic E-state index is -0.141. The van der Waals surface area contributed by atoms with Crippen LogP contribution in [0.2, 0.25) is 0 Å². The molecule has 0 aromatic heterocycles. The van der Waals surface area contributed by atoms with Gasteiger partial charge in [0.1, 0.15) is 6.04 Å². The highest BCUT2D eigenvalue weighted by Crippen LogP contribution is 2.32. The summed E-state index contributed by atoms with van der Waals surface area (Å²) in [5.74, 6) is 1.56. The van der Waals surface area contributed by atoms with Gasteiger partial charge in [0.2, 0.25) is 0 Å². The van der Waals surface area contributed by atoms with Crippen LogP contribution in [0.25, 0.3) is 0 Å². The van der Waals surface area contributed by atoms with Crippen molar-refractivity contribution in [3.63, 3.8) is 0 Å². The summed E-state index contributed by atoms with van der Waals surface area (Å²) >= 11 is 1.94. The fourth-order valence-electron chi connectivity index (χ4n) is 2.43. The Kier molecular flexibility index (Phi) is 7.75. The highest BCUT2D eigenvalue weighted by Gasteiger charge is 2.23. The largest absolute Gasteiger partial charge is 0.468 e. The smallest absolute Gasteiger partial charge is 0.323 e. The van der Waals surface area contributed by atoms with E-state index in [-0.39, 0.29) is 12.0 Å². The zero-order valence-corrected chi connectivity index (χ0v) is 12.7. The molecule has 0 heterocycles. The van der Waals surface area contributed by atoms with Crippen LogP contribution in [0.5, 0.6) is 0 Å². The van der Waals surface area contributed by atoms with E-state index in [0.717, 1.165) is 29.9 Å². The molecule has 1 aliphatic carbocycles. The van der Waals surface area contributed by atoms with Crippen molar-refractivity contribution in [2.24, 2.45) is 5.92 Å². The number of rotatable bonds is 7. The van der Waals surface area contributed by atoms with Crippen molar-refractivity contribution >= 4 is 17.7 Å². The number of hydrogen-bond donors (Lipinski definition) is 1. The number of carbonyl (C=O) groups is 1. The van der Waals surface area contributed by atoms with Gasteiger partial charge in [-0.1, -0.05) is 26.7 Å². The Morgan fingerprint density at radius 1 is 1.50 bits per heavy atom. The quantitative estimate of drug-likeness (QED) is 0.724. The average molecular weight is 273 g/mol. The maximum Gasteiger partial charge on any atom is 0.323 e. The fourth-order valence-corrected chi connectivity index (χ4v) is 3.95. The summed E-state index contributed by atoms with van der Waals surface area (Å²) in [5, 5.41) is 4.00. The van der Waals surface area contributed by atoms with Crippen LogP contribution in [0.4, 0.5) is 0 Å². The normalized spacial score (nSPS) is 25.7. The van der Waals surface area contributed by atoms with E-state index in [2.05, 4.69) is 19.2 Å². The number of hydrogen-bond acceptors (Lipinski definition) is 4. The first kappa shape index (κ1) is 15.8. The molecule has 0 aromatic rings. The topological polar surface area (TPSA) is 38.3 Å². The summed E-state index contributed by atoms with van der Waals surface area (Å²) in [4.78, 5) is 11.7. The van der Waals surface area contributed by atoms with Crippen LogP contribution < -0.4 is 5.32 Å². The molecule has 0 aliphatic heterocycles. The van der Waals surface area contributed by atoms with Gasteiger partial charge in [0, 0.05) is 11.0 Å². The van der Waals surface area contributed by atoms with Gasteiger partial charge >= 0.3 is 5.97 Å². The van der Waals surface area contributed by atoms with E-state index in [9.17, 15) is 4.79 Å². The molecule has 0 aromatic carbocycles. The van der Waals surface area contributed by atoms with Crippen molar-refractivity contribution in [1.29, 1.82) is 0 Å². The van der Waals surface area contributed by atoms with Gasteiger partial charge in [-0.05, 0) is 31.7 Å². The molecule has 3 nitrogen and oxygen atoms in total. The van der Waals surface area contributed by atoms with E-state index in [1.165, 1.54) is 32.8 Å². The van der Waals surface area contributed by atoms with Crippen LogP contribution in [0.1, 0.15) is 46.0 Å². The maximum atomic E-state index is 11.7. The molecule has 0 amide bonds. The van der Waals surface area contributed by atoms with Crippen LogP contribution in [0.15, 0.2) is 0 Å². The molecule has 106 valence electrons. The lowest BCUT2D eigenvalue weighted by atomic mass is 9.91. The predicted octanol–water partition coefficient (Wildman–Crippen LogP) is 2.84. The summed E-state index contributed by atoms with van der Waals surface area (Å²) in [5.41, 5.74) is 0. The molecule has 0 saturated heterocycles. The van der Waals surface area contributed by atoms with Crippen molar-refractivity contribution in [3.8, 4) is 0 Å². The number of nitrogens with one attached hydrogen (secondary N) is 1. The van der Waals surface area contributed by atoms with Gasteiger partial charge in [-0.3, -0.25) is 4.79 Å². The van der Waals surface area contributed by atoms with E-state index < -0.39 is 0 Å². The number of carbonyl (C=O) groups excluding carboxylic acids is 1. The molecule has 3 atom stereocenters. The van der Waals surface area contributed by atoms with Crippen molar-refractivity contribution < 1.29 is 9.53 Å². The van der Waals surface area contributed by atoms with Crippen LogP contribution in [0, 0.1) is 5.92 Å². The summed E-state index contributed by atoms with van der Waals surface area (Å²) in [6.07, 6.45) is 6.34. The highest BCUT2D eigenvalue weighted by atomic mass is 32.2. The first-order valence-electron chi connectivity index (χ1n) is 7.10. The maximum absolute atomic E-state index is 11.7. The Balaban J connectivity index is 2.33. The third kappa shape index (κ3) is 5.61. The minimum Gasteiger partial charge on any atom is -0.468 e. The highest BCUT2D eigenvalue weighted by molar-refractivity contribution is 7.99. The number of ether oxygens (including phenoxy) is 1. The molecule has 1 rings (SSSR count). The molecular formula is C14H27NO2S. The minimum absolute atomic E-state index is 0.125. The zero-order valence-electron chi connectivity index (χ0n) is 11.9. The van der Waals surface area contributed by atoms with Gasteiger partial charge in [0.25, 0.3) is 0 Å². The monoisotopic (exact) mass is 273 g/mol. The molecule has 4 heteroatoms. The second-order valence-electron chi connectivity index (χ2n) is 5.26. The van der Waals surface area contributed by atoms with Crippen molar-refractivity contribution in [3.05, 3.63) is 0 Å². The lowest BCUT2D eigenvalue weighted by Gasteiger charge is -2.27. The average Bonchev–Trinajstić information content (AvgIpc) is 2.38. The van der Waals surface area contributed by atoms with Crippen molar-refractivity contribution in [2.45, 2.75) is 57.2 Å². The van der Waals surface area contributed by atoms with E-state index in [1.807, 2.05) is 11.8 Å². The predicted molar refractivity (Wildman–Crippen MR) is 78.0 cm³/mol. The SMILES string of the molecule is CCCNC(CSC1CCCC(C)C1)C(=O)OC. The Labute approximate surface area is 115 Å². The fraction of sp³-hybridized carbons (Fsp3) is 0.929. The van der Waals surface area contributed by atoms with Crippen LogP contribution >= 0.6 is 11.8 Å².